The summed E-state index contributed by atoms with van der Waals surface area (Å²) in [7, 11) is 0. The average molecular weight is 300 g/mol. The van der Waals surface area contributed by atoms with Crippen LogP contribution >= 0.6 is 0 Å². The Morgan fingerprint density at radius 1 is 0.818 bits per heavy atom. The van der Waals surface area contributed by atoms with Gasteiger partial charge in [-0.25, -0.2) is 9.59 Å². The summed E-state index contributed by atoms with van der Waals surface area (Å²) in [4.78, 5) is 21.7. The second-order valence-corrected chi connectivity index (χ2v) is 4.31. The summed E-state index contributed by atoms with van der Waals surface area (Å²) in [6.07, 6.45) is 0. The third-order valence-corrected chi connectivity index (χ3v) is 2.92. The smallest absolute Gasteiger partial charge is 0.374 e. The van der Waals surface area contributed by atoms with Crippen LogP contribution in [-0.4, -0.2) is 32.5 Å². The van der Waals surface area contributed by atoms with E-state index < -0.39 is 11.9 Å². The molecule has 0 bridgehead atoms. The first-order valence-corrected chi connectivity index (χ1v) is 6.06. The van der Waals surface area contributed by atoms with E-state index in [1.807, 2.05) is 0 Å². The van der Waals surface area contributed by atoms with Gasteiger partial charge in [0.2, 0.25) is 11.5 Å². The first kappa shape index (κ1) is 13.6. The number of aromatic carboxylic acids is 2. The van der Waals surface area contributed by atoms with Gasteiger partial charge in [-0.3, -0.25) is 0 Å². The van der Waals surface area contributed by atoms with Gasteiger partial charge in [0.1, 0.15) is 11.4 Å². The van der Waals surface area contributed by atoms with E-state index in [1.165, 1.54) is 12.1 Å². The van der Waals surface area contributed by atoms with E-state index in [2.05, 4.69) is 10.3 Å². The molecule has 110 valence electrons. The number of benzene rings is 1. The molecule has 2 heterocycles. The Morgan fingerprint density at radius 3 is 1.55 bits per heavy atom. The van der Waals surface area contributed by atoms with E-state index in [0.717, 1.165) is 0 Å². The Balaban J connectivity index is 2.09. The van der Waals surface area contributed by atoms with Gasteiger partial charge < -0.3 is 19.3 Å². The summed E-state index contributed by atoms with van der Waals surface area (Å²) in [6, 6.07) is 9.39. The second-order valence-electron chi connectivity index (χ2n) is 4.31. The Kier molecular flexibility index (Phi) is 3.18. The molecule has 8 nitrogen and oxygen atoms in total. The maximum Gasteiger partial charge on any atom is 0.374 e. The summed E-state index contributed by atoms with van der Waals surface area (Å²) in [5.74, 6) is -3.05. The molecule has 0 spiro atoms. The molecule has 0 aliphatic heterocycles. The lowest BCUT2D eigenvalue weighted by molar-refractivity contribution is 0.0642. The number of carbonyl (C=O) groups is 2. The maximum atomic E-state index is 10.9. The molecule has 2 aromatic heterocycles. The van der Waals surface area contributed by atoms with Crippen LogP contribution in [0.4, 0.5) is 0 Å². The first-order valence-electron chi connectivity index (χ1n) is 6.06. The van der Waals surface area contributed by atoms with Gasteiger partial charge >= 0.3 is 11.9 Å². The fourth-order valence-electron chi connectivity index (χ4n) is 1.94. The summed E-state index contributed by atoms with van der Waals surface area (Å²) in [5.41, 5.74) is 1.69. The van der Waals surface area contributed by atoms with Gasteiger partial charge in [0.15, 0.2) is 0 Å². The molecule has 0 aliphatic carbocycles. The van der Waals surface area contributed by atoms with Crippen LogP contribution in [0.15, 0.2) is 45.4 Å². The van der Waals surface area contributed by atoms with Gasteiger partial charge in [-0.2, -0.15) is 0 Å². The van der Waals surface area contributed by atoms with Crippen molar-refractivity contribution >= 4 is 11.9 Å². The van der Waals surface area contributed by atoms with Crippen molar-refractivity contribution in [2.24, 2.45) is 0 Å². The lowest BCUT2D eigenvalue weighted by Gasteiger charge is -2.02. The van der Waals surface area contributed by atoms with Gasteiger partial charge in [0, 0.05) is 23.3 Å². The molecule has 8 heteroatoms. The first-order chi connectivity index (χ1) is 10.6. The predicted octanol–water partition coefficient (Wildman–Crippen LogP) is 2.39. The van der Waals surface area contributed by atoms with Crippen molar-refractivity contribution in [2.75, 3.05) is 0 Å². The SMILES string of the molecule is O=C(O)c1cc(-c2ccccc2-c2cc(C(=O)O)on2)no1. The van der Waals surface area contributed by atoms with Crippen LogP contribution in [0.1, 0.15) is 21.1 Å². The fraction of sp³-hybridized carbons (Fsp3) is 0. The molecule has 22 heavy (non-hydrogen) atoms. The van der Waals surface area contributed by atoms with Crippen LogP contribution in [-0.2, 0) is 0 Å². The molecule has 3 aromatic rings. The molecule has 0 amide bonds. The minimum atomic E-state index is -1.23. The summed E-state index contributed by atoms with van der Waals surface area (Å²) in [6.45, 7) is 0. The minimum absolute atomic E-state index is 0.295. The Hall–Kier alpha value is -3.42. The van der Waals surface area contributed by atoms with Crippen LogP contribution in [0.2, 0.25) is 0 Å². The van der Waals surface area contributed by atoms with E-state index in [4.69, 9.17) is 19.3 Å². The van der Waals surface area contributed by atoms with Crippen molar-refractivity contribution in [3.8, 4) is 22.5 Å². The van der Waals surface area contributed by atoms with E-state index in [9.17, 15) is 9.59 Å². The molecule has 0 aliphatic rings. The zero-order valence-corrected chi connectivity index (χ0v) is 10.9. The summed E-state index contributed by atoms with van der Waals surface area (Å²) < 4.78 is 9.45. The summed E-state index contributed by atoms with van der Waals surface area (Å²) in [5, 5.41) is 25.1. The minimum Gasteiger partial charge on any atom is -0.475 e. The molecular weight excluding hydrogens is 292 g/mol. The van der Waals surface area contributed by atoms with Gasteiger partial charge in [0.25, 0.3) is 0 Å². The van der Waals surface area contributed by atoms with E-state index in [0.29, 0.717) is 22.5 Å². The Morgan fingerprint density at radius 2 is 1.23 bits per heavy atom. The van der Waals surface area contributed by atoms with Crippen molar-refractivity contribution in [1.82, 2.24) is 10.3 Å². The molecule has 3 rings (SSSR count). The van der Waals surface area contributed by atoms with Crippen LogP contribution in [0.25, 0.3) is 22.5 Å². The molecular formula is C14H8N2O6. The fourth-order valence-corrected chi connectivity index (χ4v) is 1.94. The molecule has 0 atom stereocenters. The van der Waals surface area contributed by atoms with Gasteiger partial charge in [-0.1, -0.05) is 34.6 Å². The third kappa shape index (κ3) is 2.33. The summed E-state index contributed by atoms with van der Waals surface area (Å²) >= 11 is 0. The topological polar surface area (TPSA) is 127 Å². The number of carboxylic acids is 2. The lowest BCUT2D eigenvalue weighted by atomic mass is 10.0. The van der Waals surface area contributed by atoms with Crippen LogP contribution in [0, 0.1) is 0 Å². The van der Waals surface area contributed by atoms with E-state index >= 15 is 0 Å². The number of carboxylic acid groups (broad SMARTS) is 2. The molecule has 2 N–H and O–H groups in total. The van der Waals surface area contributed by atoms with Crippen molar-refractivity contribution in [2.45, 2.75) is 0 Å². The van der Waals surface area contributed by atoms with Gasteiger partial charge in [-0.15, -0.1) is 0 Å². The van der Waals surface area contributed by atoms with Crippen LogP contribution in [0.3, 0.4) is 0 Å². The normalized spacial score (nSPS) is 10.5. The second kappa shape index (κ2) is 5.17. The molecule has 0 saturated heterocycles. The van der Waals surface area contributed by atoms with Crippen LogP contribution < -0.4 is 0 Å². The molecule has 0 fully saturated rings. The highest BCUT2D eigenvalue weighted by molar-refractivity contribution is 5.89. The van der Waals surface area contributed by atoms with Crippen molar-refractivity contribution in [3.63, 3.8) is 0 Å². The number of rotatable bonds is 4. The largest absolute Gasteiger partial charge is 0.475 e. The van der Waals surface area contributed by atoms with Gasteiger partial charge in [0.05, 0.1) is 0 Å². The highest BCUT2D eigenvalue weighted by Gasteiger charge is 2.18. The molecule has 0 saturated carbocycles. The van der Waals surface area contributed by atoms with Crippen LogP contribution in [0.5, 0.6) is 0 Å². The molecule has 0 radical (unpaired) electrons. The Bertz CT molecular complexity index is 792. The average Bonchev–Trinajstić information content (AvgIpc) is 3.17. The van der Waals surface area contributed by atoms with Crippen molar-refractivity contribution < 1.29 is 28.8 Å². The predicted molar refractivity (Wildman–Crippen MR) is 71.4 cm³/mol. The standard InChI is InChI=1S/C14H8N2O6/c17-13(18)11-5-9(15-21-11)7-3-1-2-4-8(7)10-6-12(14(19)20)22-16-10/h1-6H,(H,17,18)(H,19,20). The maximum absolute atomic E-state index is 10.9. The number of hydrogen-bond acceptors (Lipinski definition) is 6. The Labute approximate surface area is 122 Å². The van der Waals surface area contributed by atoms with Gasteiger partial charge in [-0.05, 0) is 0 Å². The third-order valence-electron chi connectivity index (χ3n) is 2.92. The zero-order chi connectivity index (χ0) is 15.7. The zero-order valence-electron chi connectivity index (χ0n) is 10.9. The number of nitrogens with zero attached hydrogens (tertiary/aromatic N) is 2. The highest BCUT2D eigenvalue weighted by Crippen LogP contribution is 2.31. The monoisotopic (exact) mass is 300 g/mol. The molecule has 0 unspecified atom stereocenters. The number of hydrogen-bond donors (Lipinski definition) is 2. The van der Waals surface area contributed by atoms with Crippen molar-refractivity contribution in [3.05, 3.63) is 47.9 Å². The van der Waals surface area contributed by atoms with E-state index in [1.54, 1.807) is 24.3 Å². The highest BCUT2D eigenvalue weighted by atomic mass is 16.5. The molecule has 1 aromatic carbocycles. The number of aromatic nitrogens is 2. The van der Waals surface area contributed by atoms with Crippen molar-refractivity contribution in [1.29, 1.82) is 0 Å². The lowest BCUT2D eigenvalue weighted by Crippen LogP contribution is -1.92. The van der Waals surface area contributed by atoms with E-state index in [-0.39, 0.29) is 11.5 Å². The quantitative estimate of drug-likeness (QED) is 0.751.